The molecule has 0 atom stereocenters. The summed E-state index contributed by atoms with van der Waals surface area (Å²) in [7, 11) is 0. The fourth-order valence-corrected chi connectivity index (χ4v) is 1.78. The summed E-state index contributed by atoms with van der Waals surface area (Å²) in [5.74, 6) is 0.548. The van der Waals surface area contributed by atoms with Crippen molar-refractivity contribution in [2.75, 3.05) is 13.2 Å². The topological polar surface area (TPSA) is 47.0 Å². The summed E-state index contributed by atoms with van der Waals surface area (Å²) in [5, 5.41) is 3.29. The molecule has 110 valence electrons. The Labute approximate surface area is 125 Å². The molecule has 0 saturated carbocycles. The van der Waals surface area contributed by atoms with Gasteiger partial charge in [-0.25, -0.2) is 4.98 Å². The highest BCUT2D eigenvalue weighted by Crippen LogP contribution is 2.05. The first-order valence-electron chi connectivity index (χ1n) is 7.24. The first kappa shape index (κ1) is 15.2. The van der Waals surface area contributed by atoms with Crippen molar-refractivity contribution in [3.05, 3.63) is 60.1 Å². The minimum Gasteiger partial charge on any atom is -0.472 e. The van der Waals surface area contributed by atoms with E-state index in [4.69, 9.17) is 4.74 Å². The summed E-state index contributed by atoms with van der Waals surface area (Å²) >= 11 is 0. The minimum absolute atomic E-state index is 0.483. The molecule has 0 aliphatic heterocycles. The fraction of sp³-hybridized carbons (Fsp3) is 0.294. The lowest BCUT2D eigenvalue weighted by molar-refractivity contribution is 0.346. The number of hydrogen-bond donors (Lipinski definition) is 1. The van der Waals surface area contributed by atoms with Crippen molar-refractivity contribution >= 4 is 6.08 Å². The molecule has 0 fully saturated rings. The lowest BCUT2D eigenvalue weighted by Crippen LogP contribution is -2.15. The lowest BCUT2D eigenvalue weighted by Gasteiger charge is -2.04. The van der Waals surface area contributed by atoms with Crippen LogP contribution in [0.1, 0.15) is 24.6 Å². The summed E-state index contributed by atoms with van der Waals surface area (Å²) in [6.07, 6.45) is 8.52. The van der Waals surface area contributed by atoms with Crippen LogP contribution in [0.2, 0.25) is 0 Å². The third-order valence-corrected chi connectivity index (χ3v) is 2.85. The maximum Gasteiger partial charge on any atom is 0.232 e. The number of ether oxygens (including phenoxy) is 1. The van der Waals surface area contributed by atoms with Gasteiger partial charge in [-0.3, -0.25) is 4.98 Å². The van der Waals surface area contributed by atoms with Crippen LogP contribution in [-0.2, 0) is 6.54 Å². The molecule has 4 nitrogen and oxygen atoms in total. The molecule has 1 heterocycles. The van der Waals surface area contributed by atoms with Crippen molar-refractivity contribution in [2.24, 2.45) is 0 Å². The van der Waals surface area contributed by atoms with Crippen LogP contribution in [0, 0.1) is 0 Å². The maximum absolute atomic E-state index is 5.53. The van der Waals surface area contributed by atoms with Gasteiger partial charge in [0.2, 0.25) is 5.88 Å². The predicted octanol–water partition coefficient (Wildman–Crippen LogP) is 3.07. The Morgan fingerprint density at radius 3 is 2.71 bits per heavy atom. The zero-order valence-corrected chi connectivity index (χ0v) is 12.3. The molecule has 4 heteroatoms. The lowest BCUT2D eigenvalue weighted by atomic mass is 10.2. The molecule has 0 unspecified atom stereocenters. The van der Waals surface area contributed by atoms with E-state index < -0.39 is 0 Å². The van der Waals surface area contributed by atoms with Crippen molar-refractivity contribution in [1.29, 1.82) is 0 Å². The summed E-state index contributed by atoms with van der Waals surface area (Å²) in [4.78, 5) is 8.56. The van der Waals surface area contributed by atoms with Gasteiger partial charge >= 0.3 is 0 Å². The molecule has 0 aliphatic rings. The van der Waals surface area contributed by atoms with Gasteiger partial charge in [0, 0.05) is 6.54 Å². The smallest absolute Gasteiger partial charge is 0.232 e. The van der Waals surface area contributed by atoms with E-state index in [1.165, 1.54) is 0 Å². The highest BCUT2D eigenvalue weighted by molar-refractivity contribution is 5.48. The molecule has 2 aromatic rings. The van der Waals surface area contributed by atoms with Crippen LogP contribution in [0.4, 0.5) is 0 Å². The Morgan fingerprint density at radius 2 is 2.00 bits per heavy atom. The minimum atomic E-state index is 0.483. The van der Waals surface area contributed by atoms with Crippen molar-refractivity contribution in [2.45, 2.75) is 19.9 Å². The van der Waals surface area contributed by atoms with Gasteiger partial charge in [0.25, 0.3) is 0 Å². The molecule has 0 saturated heterocycles. The van der Waals surface area contributed by atoms with E-state index in [-0.39, 0.29) is 0 Å². The zero-order valence-electron chi connectivity index (χ0n) is 12.3. The van der Waals surface area contributed by atoms with Gasteiger partial charge in [-0.2, -0.15) is 0 Å². The van der Waals surface area contributed by atoms with Crippen molar-refractivity contribution in [3.8, 4) is 5.88 Å². The molecule has 0 bridgehead atoms. The first-order chi connectivity index (χ1) is 10.4. The Balaban J connectivity index is 1.74. The summed E-state index contributed by atoms with van der Waals surface area (Å²) in [5.41, 5.74) is 2.08. The largest absolute Gasteiger partial charge is 0.472 e. The summed E-state index contributed by atoms with van der Waals surface area (Å²) in [6.45, 7) is 4.36. The van der Waals surface area contributed by atoms with E-state index in [9.17, 15) is 0 Å². The second-order valence-electron chi connectivity index (χ2n) is 4.65. The Hall–Kier alpha value is -2.20. The highest BCUT2D eigenvalue weighted by atomic mass is 16.5. The molecule has 0 aliphatic carbocycles. The number of hydrogen-bond acceptors (Lipinski definition) is 4. The molecule has 1 N–H and O–H groups in total. The monoisotopic (exact) mass is 283 g/mol. The van der Waals surface area contributed by atoms with E-state index >= 15 is 0 Å². The number of aromatic nitrogens is 2. The van der Waals surface area contributed by atoms with E-state index in [0.29, 0.717) is 12.5 Å². The quantitative estimate of drug-likeness (QED) is 0.756. The van der Waals surface area contributed by atoms with E-state index in [2.05, 4.69) is 34.3 Å². The molecule has 2 rings (SSSR count). The molecule has 21 heavy (non-hydrogen) atoms. The van der Waals surface area contributed by atoms with Crippen LogP contribution in [0.3, 0.4) is 0 Å². The van der Waals surface area contributed by atoms with Crippen molar-refractivity contribution < 1.29 is 4.74 Å². The van der Waals surface area contributed by atoms with Gasteiger partial charge in [0.15, 0.2) is 0 Å². The van der Waals surface area contributed by atoms with Gasteiger partial charge in [-0.1, -0.05) is 43.3 Å². The van der Waals surface area contributed by atoms with E-state index in [1.807, 2.05) is 30.4 Å². The van der Waals surface area contributed by atoms with Gasteiger partial charge in [-0.15, -0.1) is 0 Å². The van der Waals surface area contributed by atoms with Gasteiger partial charge in [-0.05, 0) is 24.6 Å². The number of rotatable bonds is 8. The van der Waals surface area contributed by atoms with Crippen LogP contribution in [-0.4, -0.2) is 23.1 Å². The summed E-state index contributed by atoms with van der Waals surface area (Å²) in [6, 6.07) is 10.1. The van der Waals surface area contributed by atoms with Crippen LogP contribution < -0.4 is 10.1 Å². The normalized spacial score (nSPS) is 10.9. The molecule has 0 amide bonds. The van der Waals surface area contributed by atoms with E-state index in [1.54, 1.807) is 12.4 Å². The van der Waals surface area contributed by atoms with Crippen LogP contribution >= 0.6 is 0 Å². The van der Waals surface area contributed by atoms with Crippen molar-refractivity contribution in [3.63, 3.8) is 0 Å². The second-order valence-corrected chi connectivity index (χ2v) is 4.65. The van der Waals surface area contributed by atoms with Crippen molar-refractivity contribution in [1.82, 2.24) is 15.3 Å². The average Bonchev–Trinajstić information content (AvgIpc) is 2.54. The standard InChI is InChI=1S/C17H21N3O/c1-2-10-18-12-16-13-20-17(14-19-16)21-11-6-9-15-7-4-3-5-8-15/h3-9,13-14,18H,2,10-12H2,1H3/b9-6+. The molecule has 0 radical (unpaired) electrons. The third-order valence-electron chi connectivity index (χ3n) is 2.85. The van der Waals surface area contributed by atoms with Gasteiger partial charge in [0.1, 0.15) is 6.61 Å². The fourth-order valence-electron chi connectivity index (χ4n) is 1.78. The summed E-state index contributed by atoms with van der Waals surface area (Å²) < 4.78 is 5.53. The zero-order chi connectivity index (χ0) is 14.8. The third kappa shape index (κ3) is 5.75. The molecule has 1 aromatic carbocycles. The van der Waals surface area contributed by atoms with Crippen LogP contribution in [0.5, 0.6) is 5.88 Å². The first-order valence-corrected chi connectivity index (χ1v) is 7.24. The van der Waals surface area contributed by atoms with E-state index in [0.717, 1.165) is 30.8 Å². The molecule has 0 spiro atoms. The molecular weight excluding hydrogens is 262 g/mol. The van der Waals surface area contributed by atoms with Crippen LogP contribution in [0.25, 0.3) is 6.08 Å². The SMILES string of the molecule is CCCNCc1cnc(OC/C=C/c2ccccc2)cn1. The number of nitrogens with zero attached hydrogens (tertiary/aromatic N) is 2. The Kier molecular flexibility index (Phi) is 6.42. The second kappa shape index (κ2) is 8.87. The highest BCUT2D eigenvalue weighted by Gasteiger charge is 1.97. The number of nitrogens with one attached hydrogen (secondary N) is 1. The van der Waals surface area contributed by atoms with Crippen LogP contribution in [0.15, 0.2) is 48.8 Å². The Morgan fingerprint density at radius 1 is 1.14 bits per heavy atom. The maximum atomic E-state index is 5.53. The molecular formula is C17H21N3O. The van der Waals surface area contributed by atoms with Gasteiger partial charge in [0.05, 0.1) is 18.1 Å². The predicted molar refractivity (Wildman–Crippen MR) is 85.0 cm³/mol. The Bertz CT molecular complexity index is 538. The average molecular weight is 283 g/mol. The molecule has 1 aromatic heterocycles. The van der Waals surface area contributed by atoms with Gasteiger partial charge < -0.3 is 10.1 Å². The number of benzene rings is 1.